The van der Waals surface area contributed by atoms with Gasteiger partial charge in [-0.3, -0.25) is 0 Å². The van der Waals surface area contributed by atoms with Crippen LogP contribution < -0.4 is 0 Å². The zero-order valence-electron chi connectivity index (χ0n) is 1.99. The van der Waals surface area contributed by atoms with Crippen molar-refractivity contribution in [2.75, 3.05) is 0 Å². The average Bonchev–Trinajstić information content (AvgIpc) is 0.811. The van der Waals surface area contributed by atoms with E-state index < -0.39 is 13.2 Å². The van der Waals surface area contributed by atoms with E-state index in [9.17, 15) is 0 Å². The summed E-state index contributed by atoms with van der Waals surface area (Å²) in [6.07, 6.45) is 0. The molecule has 5 heavy (non-hydrogen) atoms. The molecule has 0 bridgehead atoms. The molecular formula is H2Cl3OOs. The molecule has 0 atom stereocenters. The molecule has 0 rings (SSSR count). The van der Waals surface area contributed by atoms with E-state index >= 15 is 0 Å². The normalized spacial score (nSPS) is 9.00. The Morgan fingerprint density at radius 3 is 1.00 bits per heavy atom. The Labute approximate surface area is 47.6 Å². The summed E-state index contributed by atoms with van der Waals surface area (Å²) < 4.78 is 0. The van der Waals surface area contributed by atoms with E-state index in [2.05, 4.69) is 0 Å². The molecule has 0 saturated heterocycles. The number of halogens is 3. The molecule has 0 heterocycles. The average molecular weight is 315 g/mol. The summed E-state index contributed by atoms with van der Waals surface area (Å²) in [5, 5.41) is 0. The van der Waals surface area contributed by atoms with Crippen molar-refractivity contribution in [2.45, 2.75) is 0 Å². The Bertz CT molecular complexity index is 11.6. The van der Waals surface area contributed by atoms with Gasteiger partial charge >= 0.3 is 42.1 Å². The van der Waals surface area contributed by atoms with Crippen LogP contribution in [0.2, 0.25) is 0 Å². The quantitative estimate of drug-likeness (QED) is 0.644. The van der Waals surface area contributed by atoms with Gasteiger partial charge < -0.3 is 5.48 Å². The molecule has 0 aliphatic rings. The molecule has 0 aliphatic carbocycles. The van der Waals surface area contributed by atoms with Crippen molar-refractivity contribution in [2.24, 2.45) is 0 Å². The first-order valence-electron chi connectivity index (χ1n) is 0.401. The molecule has 0 spiro atoms. The van der Waals surface area contributed by atoms with Gasteiger partial charge in [-0.1, -0.05) is 0 Å². The zero-order valence-corrected chi connectivity index (χ0v) is 6.80. The third kappa shape index (κ3) is 30.5. The molecule has 0 aromatic heterocycles. The predicted octanol–water partition coefficient (Wildman–Crippen LogP) is 1.24. The molecule has 0 fully saturated rings. The second kappa shape index (κ2) is 5.47. The van der Waals surface area contributed by atoms with Gasteiger partial charge in [0.2, 0.25) is 0 Å². The molecule has 5 heteroatoms. The second-order valence-corrected chi connectivity index (χ2v) is 11.2. The van der Waals surface area contributed by atoms with E-state index in [0.29, 0.717) is 0 Å². The number of hydrogen-bond acceptors (Lipinski definition) is 0. The van der Waals surface area contributed by atoms with Crippen LogP contribution in [0.5, 0.6) is 0 Å². The van der Waals surface area contributed by atoms with E-state index in [4.69, 9.17) is 28.9 Å². The van der Waals surface area contributed by atoms with Crippen LogP contribution in [-0.4, -0.2) is 5.48 Å². The number of rotatable bonds is 0. The maximum absolute atomic E-state index is 4.98. The molecule has 0 aromatic rings. The fourth-order valence-corrected chi connectivity index (χ4v) is 0. The Kier molecular flexibility index (Phi) is 10.6. The summed E-state index contributed by atoms with van der Waals surface area (Å²) >= 11 is -1.98. The molecule has 0 saturated carbocycles. The summed E-state index contributed by atoms with van der Waals surface area (Å²) in [5.74, 6) is 0. The van der Waals surface area contributed by atoms with E-state index in [-0.39, 0.29) is 5.48 Å². The first-order chi connectivity index (χ1) is 1.73. The zero-order chi connectivity index (χ0) is 3.58. The molecule has 37 valence electrons. The van der Waals surface area contributed by atoms with Crippen molar-refractivity contribution < 1.29 is 18.7 Å². The van der Waals surface area contributed by atoms with Gasteiger partial charge in [0, 0.05) is 0 Å². The van der Waals surface area contributed by atoms with Crippen LogP contribution in [0.4, 0.5) is 0 Å². The summed E-state index contributed by atoms with van der Waals surface area (Å²) in [6, 6.07) is 0. The summed E-state index contributed by atoms with van der Waals surface area (Å²) in [7, 11) is 14.9. The van der Waals surface area contributed by atoms with E-state index in [1.165, 1.54) is 0 Å². The third-order valence-corrected chi connectivity index (χ3v) is 0. The molecule has 0 amide bonds. The van der Waals surface area contributed by atoms with Crippen LogP contribution in [0.25, 0.3) is 0 Å². The predicted molar refractivity (Wildman–Crippen MR) is 21.2 cm³/mol. The van der Waals surface area contributed by atoms with Crippen molar-refractivity contribution in [1.82, 2.24) is 0 Å². The molecule has 0 radical (unpaired) electrons. The van der Waals surface area contributed by atoms with Crippen LogP contribution in [0.15, 0.2) is 0 Å². The van der Waals surface area contributed by atoms with E-state index in [0.717, 1.165) is 0 Å². The third-order valence-electron chi connectivity index (χ3n) is 0. The number of hydrogen-bond donors (Lipinski definition) is 0. The Morgan fingerprint density at radius 2 is 1.00 bits per heavy atom. The maximum atomic E-state index is 4.98. The van der Waals surface area contributed by atoms with Crippen molar-refractivity contribution >= 4 is 28.9 Å². The van der Waals surface area contributed by atoms with Crippen LogP contribution in [0.3, 0.4) is 0 Å². The van der Waals surface area contributed by atoms with Crippen LogP contribution in [0, 0.1) is 0 Å². The van der Waals surface area contributed by atoms with Crippen LogP contribution in [-0.2, 0) is 13.2 Å². The summed E-state index contributed by atoms with van der Waals surface area (Å²) in [5.41, 5.74) is 0. The van der Waals surface area contributed by atoms with Gasteiger partial charge in [-0.25, -0.2) is 0 Å². The standard InChI is InChI=1S/3ClH.H2O.Os/h3*1H;1H2;/q;;;;+3/p-3. The first kappa shape index (κ1) is 9.69. The van der Waals surface area contributed by atoms with Gasteiger partial charge in [0.1, 0.15) is 0 Å². The van der Waals surface area contributed by atoms with Gasteiger partial charge in [-0.2, -0.15) is 0 Å². The molecule has 0 aliphatic heterocycles. The summed E-state index contributed by atoms with van der Waals surface area (Å²) in [6.45, 7) is 0. The molecule has 2 N–H and O–H groups in total. The SMILES string of the molecule is O.[Cl][Os]([Cl])[Cl]. The molecular weight excluding hydrogens is 313 g/mol. The summed E-state index contributed by atoms with van der Waals surface area (Å²) in [4.78, 5) is 0. The molecule has 0 aromatic carbocycles. The second-order valence-electron chi connectivity index (χ2n) is 0.152. The molecule has 1 nitrogen and oxygen atoms in total. The Morgan fingerprint density at radius 1 is 1.00 bits per heavy atom. The van der Waals surface area contributed by atoms with Gasteiger partial charge in [0.25, 0.3) is 0 Å². The van der Waals surface area contributed by atoms with Crippen molar-refractivity contribution in [1.29, 1.82) is 0 Å². The van der Waals surface area contributed by atoms with Gasteiger partial charge in [0.15, 0.2) is 0 Å². The Balaban J connectivity index is 0. The van der Waals surface area contributed by atoms with Crippen LogP contribution in [0.1, 0.15) is 0 Å². The van der Waals surface area contributed by atoms with E-state index in [1.54, 1.807) is 0 Å². The molecule has 0 unspecified atom stereocenters. The van der Waals surface area contributed by atoms with Crippen LogP contribution >= 0.6 is 28.9 Å². The van der Waals surface area contributed by atoms with Crippen molar-refractivity contribution in [3.05, 3.63) is 0 Å². The fraction of sp³-hybridized carbons (Fsp3) is 0. The van der Waals surface area contributed by atoms with Gasteiger partial charge in [0.05, 0.1) is 0 Å². The van der Waals surface area contributed by atoms with Crippen molar-refractivity contribution in [3.63, 3.8) is 0 Å². The van der Waals surface area contributed by atoms with Gasteiger partial charge in [-0.15, -0.1) is 0 Å². The van der Waals surface area contributed by atoms with Gasteiger partial charge in [-0.05, 0) is 0 Å². The first-order valence-corrected chi connectivity index (χ1v) is 9.84. The Hall–Kier alpha value is 1.47. The van der Waals surface area contributed by atoms with E-state index in [1.807, 2.05) is 0 Å². The topological polar surface area (TPSA) is 31.5 Å². The monoisotopic (exact) mass is 315 g/mol. The minimum absolute atomic E-state index is 0. The minimum atomic E-state index is -1.98. The van der Waals surface area contributed by atoms with Crippen molar-refractivity contribution in [3.8, 4) is 0 Å². The fourth-order valence-electron chi connectivity index (χ4n) is 0.